The maximum absolute atomic E-state index is 14.3. The Hall–Kier alpha value is -3.17. The summed E-state index contributed by atoms with van der Waals surface area (Å²) in [5.41, 5.74) is -0.299. The first-order valence-electron chi connectivity index (χ1n) is 7.70. The first kappa shape index (κ1) is 17.6. The first-order chi connectivity index (χ1) is 12.4. The minimum atomic E-state index is -1.15. The van der Waals surface area contributed by atoms with Crippen LogP contribution in [0.3, 0.4) is 0 Å². The van der Waals surface area contributed by atoms with Crippen molar-refractivity contribution in [3.8, 4) is 5.75 Å². The fourth-order valence-electron chi connectivity index (χ4n) is 2.81. The van der Waals surface area contributed by atoms with Crippen LogP contribution in [0.1, 0.15) is 17.2 Å². The molecule has 0 unspecified atom stereocenters. The quantitative estimate of drug-likeness (QED) is 0.763. The van der Waals surface area contributed by atoms with Gasteiger partial charge in [0.2, 0.25) is 5.91 Å². The lowest BCUT2D eigenvalue weighted by Crippen LogP contribution is -2.45. The minimum Gasteiger partial charge on any atom is -0.497 e. The van der Waals surface area contributed by atoms with Gasteiger partial charge in [0.05, 0.1) is 7.11 Å². The SMILES string of the molecule is COc1cc(F)c([C@@H]2CNC(=O)[C@H]2NC(=O)Nc2cc(C)on2)c(F)c1. The van der Waals surface area contributed by atoms with Crippen LogP contribution in [-0.2, 0) is 4.79 Å². The lowest BCUT2D eigenvalue weighted by molar-refractivity contribution is -0.120. The monoisotopic (exact) mass is 366 g/mol. The number of carbonyl (C=O) groups excluding carboxylic acids is 2. The van der Waals surface area contributed by atoms with E-state index in [-0.39, 0.29) is 23.7 Å². The number of ether oxygens (including phenoxy) is 1. The number of hydrogen-bond acceptors (Lipinski definition) is 5. The zero-order valence-electron chi connectivity index (χ0n) is 13.9. The molecule has 1 aliphatic heterocycles. The molecule has 2 aromatic rings. The van der Waals surface area contributed by atoms with Gasteiger partial charge < -0.3 is 19.9 Å². The summed E-state index contributed by atoms with van der Waals surface area (Å²) in [6.07, 6.45) is 0. The standard InChI is InChI=1S/C16H16F2N4O4/c1-7-3-12(22-26-7)20-16(24)21-14-9(6-19-15(14)23)13-10(17)4-8(25-2)5-11(13)18/h3-5,9,14H,6H2,1-2H3,(H,19,23)(H2,20,21,22,24)/t9-,14-/m0/s1. The number of methoxy groups -OCH3 is 1. The fraction of sp³-hybridized carbons (Fsp3) is 0.312. The molecule has 3 N–H and O–H groups in total. The number of carbonyl (C=O) groups is 2. The Morgan fingerprint density at radius 3 is 2.62 bits per heavy atom. The van der Waals surface area contributed by atoms with Crippen molar-refractivity contribution in [3.63, 3.8) is 0 Å². The average Bonchev–Trinajstić information content (AvgIpc) is 3.14. The van der Waals surface area contributed by atoms with Crippen molar-refractivity contribution in [2.24, 2.45) is 0 Å². The van der Waals surface area contributed by atoms with E-state index >= 15 is 0 Å². The lowest BCUT2D eigenvalue weighted by Gasteiger charge is -2.20. The molecule has 0 spiro atoms. The molecular formula is C16H16F2N4O4. The molecule has 1 aromatic carbocycles. The van der Waals surface area contributed by atoms with Crippen molar-refractivity contribution in [1.29, 1.82) is 0 Å². The van der Waals surface area contributed by atoms with Crippen molar-refractivity contribution in [1.82, 2.24) is 15.8 Å². The molecule has 3 amide bonds. The highest BCUT2D eigenvalue weighted by atomic mass is 19.1. The molecule has 1 fully saturated rings. The van der Waals surface area contributed by atoms with Crippen LogP contribution in [0, 0.1) is 18.6 Å². The van der Waals surface area contributed by atoms with Crippen LogP contribution in [0.25, 0.3) is 0 Å². The van der Waals surface area contributed by atoms with Crippen molar-refractivity contribution in [2.75, 3.05) is 19.0 Å². The summed E-state index contributed by atoms with van der Waals surface area (Å²) in [6.45, 7) is 1.62. The van der Waals surface area contributed by atoms with Gasteiger partial charge in [-0.15, -0.1) is 0 Å². The van der Waals surface area contributed by atoms with Gasteiger partial charge in [0.1, 0.15) is 29.2 Å². The average molecular weight is 366 g/mol. The molecule has 8 nitrogen and oxygen atoms in total. The summed E-state index contributed by atoms with van der Waals surface area (Å²) in [6, 6.07) is 1.63. The van der Waals surface area contributed by atoms with Crippen molar-refractivity contribution < 1.29 is 27.6 Å². The molecule has 138 valence electrons. The third-order valence-electron chi connectivity index (χ3n) is 4.00. The molecule has 0 radical (unpaired) electrons. The fourth-order valence-corrected chi connectivity index (χ4v) is 2.81. The maximum atomic E-state index is 14.3. The Kier molecular flexibility index (Phi) is 4.74. The molecule has 0 aliphatic carbocycles. The van der Waals surface area contributed by atoms with Gasteiger partial charge in [-0.05, 0) is 6.92 Å². The smallest absolute Gasteiger partial charge is 0.321 e. The number of hydrogen-bond donors (Lipinski definition) is 3. The van der Waals surface area contributed by atoms with Crippen LogP contribution in [-0.4, -0.2) is 36.8 Å². The van der Waals surface area contributed by atoms with E-state index in [1.165, 1.54) is 13.2 Å². The largest absolute Gasteiger partial charge is 0.497 e. The molecule has 26 heavy (non-hydrogen) atoms. The summed E-state index contributed by atoms with van der Waals surface area (Å²) in [5.74, 6) is -2.53. The van der Waals surface area contributed by atoms with Crippen LogP contribution in [0.15, 0.2) is 22.7 Å². The van der Waals surface area contributed by atoms with Crippen LogP contribution < -0.4 is 20.7 Å². The van der Waals surface area contributed by atoms with E-state index < -0.39 is 35.5 Å². The Balaban J connectivity index is 1.80. The lowest BCUT2D eigenvalue weighted by atomic mass is 9.93. The number of urea groups is 1. The number of rotatable bonds is 4. The number of anilines is 1. The topological polar surface area (TPSA) is 105 Å². The summed E-state index contributed by atoms with van der Waals surface area (Å²) >= 11 is 0. The summed E-state index contributed by atoms with van der Waals surface area (Å²) in [7, 11) is 1.29. The van der Waals surface area contributed by atoms with Crippen molar-refractivity contribution >= 4 is 17.8 Å². The van der Waals surface area contributed by atoms with Crippen LogP contribution >= 0.6 is 0 Å². The van der Waals surface area contributed by atoms with Gasteiger partial charge in [-0.25, -0.2) is 13.6 Å². The third kappa shape index (κ3) is 3.44. The second-order valence-electron chi connectivity index (χ2n) is 5.76. The second kappa shape index (κ2) is 6.98. The Morgan fingerprint density at radius 2 is 2.04 bits per heavy atom. The van der Waals surface area contributed by atoms with Crippen molar-refractivity contribution in [2.45, 2.75) is 18.9 Å². The third-order valence-corrected chi connectivity index (χ3v) is 4.00. The highest BCUT2D eigenvalue weighted by Gasteiger charge is 2.40. The zero-order chi connectivity index (χ0) is 18.8. The molecule has 10 heteroatoms. The van der Waals surface area contributed by atoms with E-state index in [0.29, 0.717) is 5.76 Å². The normalized spacial score (nSPS) is 19.2. The van der Waals surface area contributed by atoms with E-state index in [1.807, 2.05) is 0 Å². The van der Waals surface area contributed by atoms with Gasteiger partial charge in [0.15, 0.2) is 5.82 Å². The van der Waals surface area contributed by atoms with Gasteiger partial charge in [-0.1, -0.05) is 5.16 Å². The number of aromatic nitrogens is 1. The van der Waals surface area contributed by atoms with E-state index in [2.05, 4.69) is 21.1 Å². The van der Waals surface area contributed by atoms with Gasteiger partial charge in [-0.3, -0.25) is 10.1 Å². The predicted octanol–water partition coefficient (Wildman–Crippen LogP) is 1.67. The van der Waals surface area contributed by atoms with E-state index in [9.17, 15) is 18.4 Å². The van der Waals surface area contributed by atoms with E-state index in [0.717, 1.165) is 12.1 Å². The molecule has 2 heterocycles. The number of nitrogens with zero attached hydrogens (tertiary/aromatic N) is 1. The van der Waals surface area contributed by atoms with Crippen LogP contribution in [0.4, 0.5) is 19.4 Å². The molecule has 1 aromatic heterocycles. The number of amides is 3. The number of aryl methyl sites for hydroxylation is 1. The molecule has 3 rings (SSSR count). The van der Waals surface area contributed by atoms with Crippen molar-refractivity contribution in [3.05, 3.63) is 41.2 Å². The summed E-state index contributed by atoms with van der Waals surface area (Å²) < 4.78 is 38.3. The van der Waals surface area contributed by atoms with E-state index in [1.54, 1.807) is 6.92 Å². The number of nitrogens with one attached hydrogen (secondary N) is 3. The van der Waals surface area contributed by atoms with E-state index in [4.69, 9.17) is 9.26 Å². The number of benzene rings is 1. The second-order valence-corrected chi connectivity index (χ2v) is 5.76. The highest BCUT2D eigenvalue weighted by molar-refractivity contribution is 5.94. The molecule has 1 aliphatic rings. The molecule has 2 atom stereocenters. The van der Waals surface area contributed by atoms with Gasteiger partial charge in [0.25, 0.3) is 0 Å². The summed E-state index contributed by atoms with van der Waals surface area (Å²) in [4.78, 5) is 24.1. The molecule has 0 saturated carbocycles. The Bertz CT molecular complexity index is 832. The summed E-state index contributed by atoms with van der Waals surface area (Å²) in [5, 5.41) is 10.9. The Morgan fingerprint density at radius 1 is 1.35 bits per heavy atom. The van der Waals surface area contributed by atoms with Crippen LogP contribution in [0.5, 0.6) is 5.75 Å². The first-order valence-corrected chi connectivity index (χ1v) is 7.70. The maximum Gasteiger partial charge on any atom is 0.321 e. The number of halogens is 2. The Labute approximate surface area is 146 Å². The van der Waals surface area contributed by atoms with Gasteiger partial charge >= 0.3 is 6.03 Å². The molecular weight excluding hydrogens is 350 g/mol. The van der Waals surface area contributed by atoms with Gasteiger partial charge in [-0.2, -0.15) is 0 Å². The van der Waals surface area contributed by atoms with Gasteiger partial charge in [0, 0.05) is 36.2 Å². The van der Waals surface area contributed by atoms with Crippen LogP contribution in [0.2, 0.25) is 0 Å². The predicted molar refractivity (Wildman–Crippen MR) is 85.8 cm³/mol. The zero-order valence-corrected chi connectivity index (χ0v) is 13.9. The molecule has 0 bridgehead atoms. The molecule has 1 saturated heterocycles. The minimum absolute atomic E-state index is 0.0182. The highest BCUT2D eigenvalue weighted by Crippen LogP contribution is 2.31.